The number of ketones is 1. The van der Waals surface area contributed by atoms with Crippen LogP contribution in [0.15, 0.2) is 58.7 Å². The van der Waals surface area contributed by atoms with Gasteiger partial charge in [0.1, 0.15) is 0 Å². The van der Waals surface area contributed by atoms with Crippen LogP contribution in [-0.4, -0.2) is 21.3 Å². The van der Waals surface area contributed by atoms with Crippen LogP contribution < -0.4 is 4.80 Å². The summed E-state index contributed by atoms with van der Waals surface area (Å²) in [5.74, 6) is -0.0974. The van der Waals surface area contributed by atoms with Crippen LogP contribution in [0.25, 0.3) is 5.69 Å². The Hall–Kier alpha value is -2.57. The first-order valence-corrected chi connectivity index (χ1v) is 9.87. The Bertz CT molecular complexity index is 1100. The van der Waals surface area contributed by atoms with E-state index in [1.165, 1.54) is 23.8 Å². The standard InChI is InChI=1S/C20H17ClN4OS/c1-13(26)19-24-25(16-11-9-15(21)10-12-16)20(27-19)23-22-18-8-4-6-14-5-2-3-7-17(14)18/h2-3,5,7,9-12H,4,6,8H2,1H3/b22-18+,23-20-. The van der Waals surface area contributed by atoms with Gasteiger partial charge in [0.2, 0.25) is 4.80 Å². The molecular formula is C20H17ClN4OS. The molecule has 0 bridgehead atoms. The molecule has 0 fully saturated rings. The number of aryl methyl sites for hydroxylation is 1. The fourth-order valence-corrected chi connectivity index (χ4v) is 3.93. The summed E-state index contributed by atoms with van der Waals surface area (Å²) < 4.78 is 1.64. The van der Waals surface area contributed by atoms with E-state index in [9.17, 15) is 4.79 Å². The van der Waals surface area contributed by atoms with Gasteiger partial charge in [0.15, 0.2) is 10.8 Å². The summed E-state index contributed by atoms with van der Waals surface area (Å²) in [6.45, 7) is 1.50. The van der Waals surface area contributed by atoms with E-state index >= 15 is 0 Å². The molecule has 0 radical (unpaired) electrons. The van der Waals surface area contributed by atoms with Gasteiger partial charge in [-0.1, -0.05) is 47.2 Å². The lowest BCUT2D eigenvalue weighted by atomic mass is 9.90. The lowest BCUT2D eigenvalue weighted by Gasteiger charge is -2.16. The molecule has 0 N–H and O–H groups in total. The summed E-state index contributed by atoms with van der Waals surface area (Å²) in [5.41, 5.74) is 4.21. The minimum absolute atomic E-state index is 0.0974. The predicted octanol–water partition coefficient (Wildman–Crippen LogP) is 4.43. The summed E-state index contributed by atoms with van der Waals surface area (Å²) in [6, 6.07) is 15.5. The number of benzene rings is 2. The lowest BCUT2D eigenvalue weighted by Crippen LogP contribution is -2.15. The monoisotopic (exact) mass is 396 g/mol. The van der Waals surface area contributed by atoms with Crippen LogP contribution >= 0.6 is 22.9 Å². The van der Waals surface area contributed by atoms with E-state index in [1.54, 1.807) is 16.8 Å². The average Bonchev–Trinajstić information content (AvgIpc) is 3.11. The Morgan fingerprint density at radius 3 is 2.67 bits per heavy atom. The van der Waals surface area contributed by atoms with Crippen molar-refractivity contribution in [2.75, 3.05) is 0 Å². The number of Topliss-reactive ketones (excluding diaryl/α,β-unsaturated/α-hetero) is 1. The van der Waals surface area contributed by atoms with E-state index in [4.69, 9.17) is 11.6 Å². The highest BCUT2D eigenvalue weighted by atomic mass is 35.5. The number of rotatable bonds is 3. The van der Waals surface area contributed by atoms with Crippen LogP contribution in [-0.2, 0) is 6.42 Å². The number of carbonyl (C=O) groups excluding carboxylic acids is 1. The maximum atomic E-state index is 11.8. The summed E-state index contributed by atoms with van der Waals surface area (Å²) in [5, 5.41) is 14.4. The van der Waals surface area contributed by atoms with Crippen molar-refractivity contribution in [1.29, 1.82) is 0 Å². The van der Waals surface area contributed by atoms with Gasteiger partial charge in [-0.05, 0) is 49.1 Å². The number of hydrogen-bond acceptors (Lipinski definition) is 5. The van der Waals surface area contributed by atoms with Crippen LogP contribution in [0.3, 0.4) is 0 Å². The second kappa shape index (κ2) is 7.58. The molecular weight excluding hydrogens is 380 g/mol. The fraction of sp³-hybridized carbons (Fsp3) is 0.200. The van der Waals surface area contributed by atoms with Gasteiger partial charge in [0.25, 0.3) is 0 Å². The number of halogens is 1. The molecule has 27 heavy (non-hydrogen) atoms. The van der Waals surface area contributed by atoms with Crippen molar-refractivity contribution in [2.45, 2.75) is 26.2 Å². The lowest BCUT2D eigenvalue weighted by molar-refractivity contribution is 0.101. The normalized spacial score (nSPS) is 15.8. The third-order valence-electron chi connectivity index (χ3n) is 4.38. The highest BCUT2D eigenvalue weighted by Gasteiger charge is 2.15. The Morgan fingerprint density at radius 1 is 1.11 bits per heavy atom. The number of hydrogen-bond donors (Lipinski definition) is 0. The molecule has 0 unspecified atom stereocenters. The first-order chi connectivity index (χ1) is 13.1. The molecule has 1 aromatic heterocycles. The number of carbonyl (C=O) groups is 1. The molecule has 3 aromatic rings. The SMILES string of the molecule is CC(=O)c1nn(-c2ccc(Cl)cc2)/c(=N/N=C2\CCCc3ccccc32)s1. The van der Waals surface area contributed by atoms with E-state index in [0.717, 1.165) is 36.2 Å². The molecule has 0 atom stereocenters. The van der Waals surface area contributed by atoms with E-state index in [1.807, 2.05) is 18.2 Å². The quantitative estimate of drug-likeness (QED) is 0.485. The fourth-order valence-electron chi connectivity index (χ4n) is 3.05. The van der Waals surface area contributed by atoms with Crippen molar-refractivity contribution in [1.82, 2.24) is 9.78 Å². The van der Waals surface area contributed by atoms with E-state index in [2.05, 4.69) is 33.5 Å². The van der Waals surface area contributed by atoms with E-state index in [0.29, 0.717) is 14.8 Å². The molecule has 0 spiro atoms. The molecule has 1 aliphatic rings. The maximum absolute atomic E-state index is 11.8. The zero-order chi connectivity index (χ0) is 18.8. The van der Waals surface area contributed by atoms with Gasteiger partial charge in [0, 0.05) is 17.5 Å². The van der Waals surface area contributed by atoms with Crippen molar-refractivity contribution < 1.29 is 4.79 Å². The van der Waals surface area contributed by atoms with Gasteiger partial charge in [-0.15, -0.1) is 5.10 Å². The molecule has 136 valence electrons. The zero-order valence-electron chi connectivity index (χ0n) is 14.7. The molecule has 0 amide bonds. The largest absolute Gasteiger partial charge is 0.292 e. The van der Waals surface area contributed by atoms with Gasteiger partial charge < -0.3 is 0 Å². The van der Waals surface area contributed by atoms with Crippen LogP contribution in [0.5, 0.6) is 0 Å². The first kappa shape index (κ1) is 17.8. The van der Waals surface area contributed by atoms with Gasteiger partial charge in [-0.3, -0.25) is 4.79 Å². The van der Waals surface area contributed by atoms with Gasteiger partial charge >= 0.3 is 0 Å². The summed E-state index contributed by atoms with van der Waals surface area (Å²) in [7, 11) is 0. The highest BCUT2D eigenvalue weighted by molar-refractivity contribution is 7.10. The molecule has 7 heteroatoms. The van der Waals surface area contributed by atoms with Crippen molar-refractivity contribution >= 4 is 34.4 Å². The zero-order valence-corrected chi connectivity index (χ0v) is 16.3. The molecule has 5 nitrogen and oxygen atoms in total. The molecule has 2 aromatic carbocycles. The van der Waals surface area contributed by atoms with E-state index < -0.39 is 0 Å². The Labute approximate surface area is 165 Å². The Kier molecular flexibility index (Phi) is 5.01. The van der Waals surface area contributed by atoms with Crippen molar-refractivity contribution in [2.24, 2.45) is 10.2 Å². The minimum Gasteiger partial charge on any atom is -0.292 e. The third kappa shape index (κ3) is 3.77. The topological polar surface area (TPSA) is 59.6 Å². The van der Waals surface area contributed by atoms with Crippen LogP contribution in [0, 0.1) is 0 Å². The second-order valence-corrected chi connectivity index (χ2v) is 7.68. The summed E-state index contributed by atoms with van der Waals surface area (Å²) in [4.78, 5) is 12.4. The van der Waals surface area contributed by atoms with Crippen molar-refractivity contribution in [3.05, 3.63) is 74.5 Å². The second-order valence-electron chi connectivity index (χ2n) is 6.29. The molecule has 0 aliphatic heterocycles. The molecule has 1 heterocycles. The minimum atomic E-state index is -0.0974. The maximum Gasteiger partial charge on any atom is 0.233 e. The molecule has 0 saturated carbocycles. The molecule has 1 aliphatic carbocycles. The number of nitrogens with zero attached hydrogens (tertiary/aromatic N) is 4. The summed E-state index contributed by atoms with van der Waals surface area (Å²) in [6.07, 6.45) is 3.01. The van der Waals surface area contributed by atoms with Crippen molar-refractivity contribution in [3.63, 3.8) is 0 Å². The van der Waals surface area contributed by atoms with Gasteiger partial charge in [-0.25, -0.2) is 4.68 Å². The predicted molar refractivity (Wildman–Crippen MR) is 108 cm³/mol. The van der Waals surface area contributed by atoms with E-state index in [-0.39, 0.29) is 5.78 Å². The summed E-state index contributed by atoms with van der Waals surface area (Å²) >= 11 is 7.21. The highest BCUT2D eigenvalue weighted by Crippen LogP contribution is 2.21. The Morgan fingerprint density at radius 2 is 1.89 bits per heavy atom. The number of fused-ring (bicyclic) bond motifs is 1. The van der Waals surface area contributed by atoms with Crippen LogP contribution in [0.1, 0.15) is 40.7 Å². The smallest absolute Gasteiger partial charge is 0.233 e. The van der Waals surface area contributed by atoms with Crippen LogP contribution in [0.4, 0.5) is 0 Å². The van der Waals surface area contributed by atoms with Crippen LogP contribution in [0.2, 0.25) is 5.02 Å². The van der Waals surface area contributed by atoms with Crippen molar-refractivity contribution in [3.8, 4) is 5.69 Å². The third-order valence-corrected chi connectivity index (χ3v) is 5.63. The average molecular weight is 397 g/mol. The van der Waals surface area contributed by atoms with Gasteiger partial charge in [0.05, 0.1) is 11.4 Å². The molecule has 4 rings (SSSR count). The Balaban J connectivity index is 1.82. The number of aromatic nitrogens is 2. The van der Waals surface area contributed by atoms with Gasteiger partial charge in [-0.2, -0.15) is 10.2 Å². The first-order valence-electron chi connectivity index (χ1n) is 8.68. The molecule has 0 saturated heterocycles.